The van der Waals surface area contributed by atoms with Crippen LogP contribution in [-0.2, 0) is 11.3 Å². The van der Waals surface area contributed by atoms with E-state index < -0.39 is 0 Å². The van der Waals surface area contributed by atoms with Crippen LogP contribution in [0.3, 0.4) is 0 Å². The number of aryl methyl sites for hydroxylation is 2. The Morgan fingerprint density at radius 3 is 2.69 bits per heavy atom. The molecule has 0 bridgehead atoms. The Hall–Kier alpha value is -3.92. The van der Waals surface area contributed by atoms with Crippen molar-refractivity contribution in [3.05, 3.63) is 88.4 Å². The zero-order valence-electron chi connectivity index (χ0n) is 21.2. The van der Waals surface area contributed by atoms with Gasteiger partial charge in [-0.05, 0) is 68.6 Å². The Morgan fingerprint density at radius 1 is 1.08 bits per heavy atom. The molecule has 6 nitrogen and oxygen atoms in total. The molecule has 2 heterocycles. The number of anilines is 2. The average molecular weight is 480 g/mol. The van der Waals surface area contributed by atoms with E-state index in [-0.39, 0.29) is 0 Å². The van der Waals surface area contributed by atoms with Crippen molar-refractivity contribution in [2.24, 2.45) is 0 Å². The molecule has 0 aliphatic carbocycles. The summed E-state index contributed by atoms with van der Waals surface area (Å²) in [6.07, 6.45) is 8.69. The van der Waals surface area contributed by atoms with Crippen molar-refractivity contribution in [3.8, 4) is 6.07 Å². The molecule has 0 amide bonds. The molecule has 184 valence electrons. The highest BCUT2D eigenvalue weighted by Crippen LogP contribution is 2.32. The van der Waals surface area contributed by atoms with Gasteiger partial charge < -0.3 is 20.4 Å². The second-order valence-electron chi connectivity index (χ2n) is 8.76. The van der Waals surface area contributed by atoms with E-state index in [9.17, 15) is 5.26 Å². The largest absolute Gasteiger partial charge is 0.382 e. The van der Waals surface area contributed by atoms with E-state index in [1.807, 2.05) is 32.2 Å². The average Bonchev–Trinajstić information content (AvgIpc) is 3.38. The number of hydrogen-bond donors (Lipinski definition) is 3. The van der Waals surface area contributed by atoms with Gasteiger partial charge in [0.15, 0.2) is 0 Å². The first-order chi connectivity index (χ1) is 17.6. The summed E-state index contributed by atoms with van der Waals surface area (Å²) >= 11 is 0. The lowest BCUT2D eigenvalue weighted by molar-refractivity contribution is 0.144. The molecule has 6 heteroatoms. The molecule has 0 spiro atoms. The summed E-state index contributed by atoms with van der Waals surface area (Å²) in [4.78, 5) is 7.72. The zero-order valence-corrected chi connectivity index (χ0v) is 21.2. The maximum absolute atomic E-state index is 9.79. The van der Waals surface area contributed by atoms with Gasteiger partial charge in [-0.2, -0.15) is 5.26 Å². The molecular formula is C30H33N5O. The Morgan fingerprint density at radius 2 is 1.92 bits per heavy atom. The number of nitrogens with zero attached hydrogens (tertiary/aromatic N) is 2. The fraction of sp³-hybridized carbons (Fsp3) is 0.267. The Labute approximate surface area is 213 Å². The Bertz CT molecular complexity index is 1380. The van der Waals surface area contributed by atoms with Crippen molar-refractivity contribution in [1.82, 2.24) is 15.3 Å². The number of aromatic amines is 1. The number of pyridine rings is 1. The topological polar surface area (TPSA) is 85.8 Å². The van der Waals surface area contributed by atoms with Crippen LogP contribution >= 0.6 is 0 Å². The molecule has 0 unspecified atom stereocenters. The number of H-pyrrole nitrogens is 1. The molecule has 2 aromatic carbocycles. The number of nitrogens with one attached hydrogen (secondary N) is 3. The number of fused-ring (bicyclic) bond motifs is 1. The van der Waals surface area contributed by atoms with Crippen LogP contribution in [0.5, 0.6) is 0 Å². The molecule has 4 rings (SSSR count). The fourth-order valence-corrected chi connectivity index (χ4v) is 4.20. The van der Waals surface area contributed by atoms with Crippen molar-refractivity contribution in [2.45, 2.75) is 33.7 Å². The van der Waals surface area contributed by atoms with Gasteiger partial charge in [-0.1, -0.05) is 36.4 Å². The lowest BCUT2D eigenvalue weighted by atomic mass is 10.0. The van der Waals surface area contributed by atoms with E-state index in [1.165, 1.54) is 5.56 Å². The molecule has 4 aromatic rings. The van der Waals surface area contributed by atoms with E-state index >= 15 is 0 Å². The van der Waals surface area contributed by atoms with Crippen LogP contribution in [0, 0.1) is 25.2 Å². The van der Waals surface area contributed by atoms with Gasteiger partial charge in [0.1, 0.15) is 6.07 Å². The third-order valence-electron chi connectivity index (χ3n) is 6.30. The third-order valence-corrected chi connectivity index (χ3v) is 6.30. The highest BCUT2D eigenvalue weighted by atomic mass is 16.5. The van der Waals surface area contributed by atoms with E-state index in [1.54, 1.807) is 6.20 Å². The van der Waals surface area contributed by atoms with Crippen LogP contribution in [0.15, 0.2) is 54.9 Å². The molecule has 0 aliphatic rings. The maximum atomic E-state index is 9.79. The molecular weight excluding hydrogens is 446 g/mol. The van der Waals surface area contributed by atoms with Crippen LogP contribution in [0.1, 0.15) is 46.9 Å². The van der Waals surface area contributed by atoms with Crippen LogP contribution < -0.4 is 10.6 Å². The van der Waals surface area contributed by atoms with Gasteiger partial charge in [-0.15, -0.1) is 0 Å². The maximum Gasteiger partial charge on any atom is 0.103 e. The van der Waals surface area contributed by atoms with Crippen molar-refractivity contribution in [2.75, 3.05) is 25.1 Å². The number of hydrogen-bond acceptors (Lipinski definition) is 5. The minimum atomic E-state index is 0.513. The van der Waals surface area contributed by atoms with Crippen LogP contribution in [0.2, 0.25) is 0 Å². The van der Waals surface area contributed by atoms with Gasteiger partial charge >= 0.3 is 0 Å². The van der Waals surface area contributed by atoms with E-state index in [2.05, 4.69) is 76.1 Å². The van der Waals surface area contributed by atoms with Crippen LogP contribution in [0.4, 0.5) is 11.4 Å². The Balaban J connectivity index is 1.51. The standard InChI is InChI=1S/C30H33N5O/c1-4-36-17-5-15-32-19-24-8-6-23(7-9-24)10-11-27-22(3)34-20-25(18-31)30(27)35-28-12-13-29-26(21(28)2)14-16-33-29/h6-14,16,20,32-33H,4-5,15,17,19H2,1-3H3,(H,34,35)/b11-10+. The van der Waals surface area contributed by atoms with Crippen LogP contribution in [0.25, 0.3) is 23.1 Å². The third kappa shape index (κ3) is 6.01. The van der Waals surface area contributed by atoms with Crippen LogP contribution in [-0.4, -0.2) is 29.7 Å². The molecule has 0 atom stereocenters. The molecule has 0 saturated carbocycles. The normalized spacial score (nSPS) is 11.3. The summed E-state index contributed by atoms with van der Waals surface area (Å²) in [5.74, 6) is 0. The van der Waals surface area contributed by atoms with Gasteiger partial charge in [0, 0.05) is 60.0 Å². The predicted molar refractivity (Wildman–Crippen MR) is 148 cm³/mol. The minimum Gasteiger partial charge on any atom is -0.382 e. The number of rotatable bonds is 11. The summed E-state index contributed by atoms with van der Waals surface area (Å²) in [6, 6.07) is 17.0. The van der Waals surface area contributed by atoms with Gasteiger partial charge in [0.25, 0.3) is 0 Å². The molecule has 2 aromatic heterocycles. The van der Waals surface area contributed by atoms with E-state index in [4.69, 9.17) is 4.74 Å². The second kappa shape index (κ2) is 12.2. The summed E-state index contributed by atoms with van der Waals surface area (Å²) in [5, 5.41) is 17.9. The molecule has 0 aliphatic heterocycles. The fourth-order valence-electron chi connectivity index (χ4n) is 4.20. The molecule has 36 heavy (non-hydrogen) atoms. The summed E-state index contributed by atoms with van der Waals surface area (Å²) in [6.45, 7) is 9.41. The SMILES string of the molecule is CCOCCCNCc1ccc(/C=C/c2c(C)ncc(C#N)c2Nc2ccc3[nH]ccc3c2C)cc1. The first kappa shape index (κ1) is 25.2. The van der Waals surface area contributed by atoms with Crippen molar-refractivity contribution >= 4 is 34.4 Å². The smallest absolute Gasteiger partial charge is 0.103 e. The highest BCUT2D eigenvalue weighted by molar-refractivity contribution is 5.90. The number of nitriles is 1. The van der Waals surface area contributed by atoms with Crippen molar-refractivity contribution in [3.63, 3.8) is 0 Å². The summed E-state index contributed by atoms with van der Waals surface area (Å²) < 4.78 is 5.37. The second-order valence-corrected chi connectivity index (χ2v) is 8.76. The van der Waals surface area contributed by atoms with E-state index in [0.717, 1.165) is 77.4 Å². The lowest BCUT2D eigenvalue weighted by Crippen LogP contribution is -2.16. The lowest BCUT2D eigenvalue weighted by Gasteiger charge is -2.16. The van der Waals surface area contributed by atoms with Crippen molar-refractivity contribution < 1.29 is 4.74 Å². The monoisotopic (exact) mass is 479 g/mol. The van der Waals surface area contributed by atoms with Gasteiger partial charge in [0.2, 0.25) is 0 Å². The number of benzene rings is 2. The Kier molecular flexibility index (Phi) is 8.51. The minimum absolute atomic E-state index is 0.513. The van der Waals surface area contributed by atoms with Crippen molar-refractivity contribution in [1.29, 1.82) is 5.26 Å². The first-order valence-electron chi connectivity index (χ1n) is 12.4. The number of ether oxygens (including phenoxy) is 1. The van der Waals surface area contributed by atoms with E-state index in [0.29, 0.717) is 5.56 Å². The molecule has 0 radical (unpaired) electrons. The highest BCUT2D eigenvalue weighted by Gasteiger charge is 2.13. The first-order valence-corrected chi connectivity index (χ1v) is 12.4. The number of aromatic nitrogens is 2. The summed E-state index contributed by atoms with van der Waals surface area (Å²) in [5.41, 5.74) is 8.57. The zero-order chi connectivity index (χ0) is 25.3. The summed E-state index contributed by atoms with van der Waals surface area (Å²) in [7, 11) is 0. The molecule has 0 fully saturated rings. The van der Waals surface area contributed by atoms with Gasteiger partial charge in [-0.25, -0.2) is 0 Å². The molecule has 0 saturated heterocycles. The molecule has 3 N–H and O–H groups in total. The van der Waals surface area contributed by atoms with Gasteiger partial charge in [0.05, 0.1) is 11.3 Å². The predicted octanol–water partition coefficient (Wildman–Crippen LogP) is 6.48. The quantitative estimate of drug-likeness (QED) is 0.214. The van der Waals surface area contributed by atoms with Gasteiger partial charge in [-0.3, -0.25) is 4.98 Å².